The van der Waals surface area contributed by atoms with Crippen LogP contribution in [0.4, 0.5) is 0 Å². The molecule has 3 nitrogen and oxygen atoms in total. The number of hydrogen-bond acceptors (Lipinski definition) is 3. The van der Waals surface area contributed by atoms with Crippen molar-refractivity contribution in [1.29, 1.82) is 0 Å². The van der Waals surface area contributed by atoms with Gasteiger partial charge < -0.3 is 10.8 Å². The first-order valence-corrected chi connectivity index (χ1v) is 7.80. The van der Waals surface area contributed by atoms with E-state index < -0.39 is 0 Å². The van der Waals surface area contributed by atoms with Crippen molar-refractivity contribution >= 4 is 0 Å². The van der Waals surface area contributed by atoms with Crippen LogP contribution in [0, 0.1) is 18.8 Å². The maximum atomic E-state index is 10.1. The number of fused-ring (bicyclic) bond motifs is 1. The molecule has 3 N–H and O–H groups in total. The van der Waals surface area contributed by atoms with Gasteiger partial charge in [0.05, 0.1) is 6.10 Å². The molecular formula is C17H26N2O. The molecule has 0 aromatic heterocycles. The normalized spacial score (nSPS) is 33.1. The Morgan fingerprint density at radius 1 is 1.30 bits per heavy atom. The van der Waals surface area contributed by atoms with Crippen LogP contribution >= 0.6 is 0 Å². The van der Waals surface area contributed by atoms with Crippen molar-refractivity contribution in [2.75, 3.05) is 13.1 Å². The first-order valence-electron chi connectivity index (χ1n) is 7.80. The molecule has 110 valence electrons. The number of likely N-dealkylation sites (tertiary alicyclic amines) is 1. The molecule has 1 heterocycles. The van der Waals surface area contributed by atoms with Gasteiger partial charge in [0, 0.05) is 31.1 Å². The SMILES string of the molecule is Cc1cccc(C(C(C)N)N2CC3CCC(O)C3C2)c1. The van der Waals surface area contributed by atoms with E-state index in [1.807, 2.05) is 0 Å². The average Bonchev–Trinajstić information content (AvgIpc) is 2.92. The van der Waals surface area contributed by atoms with E-state index in [0.717, 1.165) is 19.5 Å². The zero-order valence-electron chi connectivity index (χ0n) is 12.5. The molecule has 5 atom stereocenters. The third kappa shape index (κ3) is 2.50. The summed E-state index contributed by atoms with van der Waals surface area (Å²) in [6, 6.07) is 9.06. The number of aliphatic hydroxyl groups is 1. The van der Waals surface area contributed by atoms with Crippen molar-refractivity contribution < 1.29 is 5.11 Å². The van der Waals surface area contributed by atoms with E-state index >= 15 is 0 Å². The van der Waals surface area contributed by atoms with Crippen molar-refractivity contribution in [1.82, 2.24) is 4.90 Å². The molecule has 3 rings (SSSR count). The van der Waals surface area contributed by atoms with Crippen molar-refractivity contribution in [3.63, 3.8) is 0 Å². The molecule has 1 saturated heterocycles. The number of hydrogen-bond donors (Lipinski definition) is 2. The van der Waals surface area contributed by atoms with Gasteiger partial charge in [0.15, 0.2) is 0 Å². The van der Waals surface area contributed by atoms with Gasteiger partial charge in [-0.3, -0.25) is 4.90 Å². The third-order valence-electron chi connectivity index (χ3n) is 5.12. The van der Waals surface area contributed by atoms with Crippen molar-refractivity contribution in [2.45, 2.75) is 44.9 Å². The van der Waals surface area contributed by atoms with Crippen molar-refractivity contribution in [3.05, 3.63) is 35.4 Å². The quantitative estimate of drug-likeness (QED) is 0.887. The predicted molar refractivity (Wildman–Crippen MR) is 81.4 cm³/mol. The summed E-state index contributed by atoms with van der Waals surface area (Å²) in [6.45, 7) is 6.30. The molecule has 0 amide bonds. The molecule has 0 radical (unpaired) electrons. The molecule has 20 heavy (non-hydrogen) atoms. The van der Waals surface area contributed by atoms with E-state index in [2.05, 4.69) is 43.0 Å². The molecule has 1 saturated carbocycles. The van der Waals surface area contributed by atoms with Gasteiger partial charge in [-0.25, -0.2) is 0 Å². The highest BCUT2D eigenvalue weighted by atomic mass is 16.3. The van der Waals surface area contributed by atoms with Gasteiger partial charge in [-0.15, -0.1) is 0 Å². The Bertz CT molecular complexity index is 474. The van der Waals surface area contributed by atoms with Gasteiger partial charge in [-0.2, -0.15) is 0 Å². The van der Waals surface area contributed by atoms with Gasteiger partial charge in [-0.05, 0) is 38.2 Å². The lowest BCUT2D eigenvalue weighted by Gasteiger charge is -2.32. The largest absolute Gasteiger partial charge is 0.393 e. The summed E-state index contributed by atoms with van der Waals surface area (Å²) in [5.74, 6) is 1.12. The van der Waals surface area contributed by atoms with Crippen molar-refractivity contribution in [3.8, 4) is 0 Å². The van der Waals surface area contributed by atoms with Crippen LogP contribution in [-0.4, -0.2) is 35.2 Å². The van der Waals surface area contributed by atoms with Crippen LogP contribution < -0.4 is 5.73 Å². The molecular weight excluding hydrogens is 248 g/mol. The Morgan fingerprint density at radius 3 is 2.75 bits per heavy atom. The fourth-order valence-corrected chi connectivity index (χ4v) is 4.20. The monoisotopic (exact) mass is 274 g/mol. The predicted octanol–water partition coefficient (Wildman–Crippen LogP) is 2.09. The highest BCUT2D eigenvalue weighted by molar-refractivity contribution is 5.26. The third-order valence-corrected chi connectivity index (χ3v) is 5.12. The minimum atomic E-state index is -0.101. The van der Waals surface area contributed by atoms with Crippen LogP contribution in [-0.2, 0) is 0 Å². The fourth-order valence-electron chi connectivity index (χ4n) is 4.20. The molecule has 0 bridgehead atoms. The van der Waals surface area contributed by atoms with Crippen LogP contribution in [0.15, 0.2) is 24.3 Å². The molecule has 1 aromatic carbocycles. The summed E-state index contributed by atoms with van der Waals surface area (Å²) in [5, 5.41) is 10.1. The van der Waals surface area contributed by atoms with E-state index in [1.54, 1.807) is 0 Å². The van der Waals surface area contributed by atoms with Gasteiger partial charge in [0.25, 0.3) is 0 Å². The second-order valence-corrected chi connectivity index (χ2v) is 6.74. The number of benzene rings is 1. The van der Waals surface area contributed by atoms with E-state index in [9.17, 15) is 5.11 Å². The van der Waals surface area contributed by atoms with Gasteiger partial charge >= 0.3 is 0 Å². The molecule has 2 aliphatic rings. The van der Waals surface area contributed by atoms with E-state index in [1.165, 1.54) is 17.5 Å². The summed E-state index contributed by atoms with van der Waals surface area (Å²) in [5.41, 5.74) is 8.88. The second-order valence-electron chi connectivity index (χ2n) is 6.74. The Hall–Kier alpha value is -0.900. The first kappa shape index (κ1) is 14.1. The Morgan fingerprint density at radius 2 is 2.10 bits per heavy atom. The fraction of sp³-hybridized carbons (Fsp3) is 0.647. The summed E-state index contributed by atoms with van der Waals surface area (Å²) in [6.07, 6.45) is 2.05. The molecule has 5 unspecified atom stereocenters. The zero-order chi connectivity index (χ0) is 14.3. The maximum Gasteiger partial charge on any atom is 0.0583 e. The Kier molecular flexibility index (Phi) is 3.85. The lowest BCUT2D eigenvalue weighted by molar-refractivity contribution is 0.115. The van der Waals surface area contributed by atoms with Crippen molar-refractivity contribution in [2.24, 2.45) is 17.6 Å². The van der Waals surface area contributed by atoms with E-state index in [-0.39, 0.29) is 18.2 Å². The summed E-state index contributed by atoms with van der Waals surface area (Å²) >= 11 is 0. The molecule has 1 aliphatic carbocycles. The number of aliphatic hydroxyl groups excluding tert-OH is 1. The maximum absolute atomic E-state index is 10.1. The molecule has 3 heteroatoms. The zero-order valence-corrected chi connectivity index (χ0v) is 12.5. The average molecular weight is 274 g/mol. The molecule has 1 aromatic rings. The lowest BCUT2D eigenvalue weighted by Crippen LogP contribution is -2.39. The smallest absolute Gasteiger partial charge is 0.0583 e. The van der Waals surface area contributed by atoms with Crippen LogP contribution in [0.25, 0.3) is 0 Å². The van der Waals surface area contributed by atoms with Crippen LogP contribution in [0.2, 0.25) is 0 Å². The van der Waals surface area contributed by atoms with Gasteiger partial charge in [0.1, 0.15) is 0 Å². The number of aryl methyl sites for hydroxylation is 1. The summed E-state index contributed by atoms with van der Waals surface area (Å²) in [4.78, 5) is 2.50. The number of rotatable bonds is 3. The lowest BCUT2D eigenvalue weighted by atomic mass is 9.97. The Balaban J connectivity index is 1.82. The van der Waals surface area contributed by atoms with E-state index in [4.69, 9.17) is 5.73 Å². The Labute approximate surface area is 121 Å². The molecule has 2 fully saturated rings. The number of nitrogens with zero attached hydrogens (tertiary/aromatic N) is 1. The summed E-state index contributed by atoms with van der Waals surface area (Å²) in [7, 11) is 0. The van der Waals surface area contributed by atoms with Crippen LogP contribution in [0.3, 0.4) is 0 Å². The minimum absolute atomic E-state index is 0.101. The van der Waals surface area contributed by atoms with Crippen LogP contribution in [0.1, 0.15) is 36.9 Å². The number of nitrogens with two attached hydrogens (primary N) is 1. The van der Waals surface area contributed by atoms with Crippen LogP contribution in [0.5, 0.6) is 0 Å². The van der Waals surface area contributed by atoms with Gasteiger partial charge in [-0.1, -0.05) is 29.8 Å². The second kappa shape index (κ2) is 5.47. The highest BCUT2D eigenvalue weighted by Gasteiger charge is 2.44. The minimum Gasteiger partial charge on any atom is -0.393 e. The highest BCUT2D eigenvalue weighted by Crippen LogP contribution is 2.41. The first-order chi connectivity index (χ1) is 9.56. The van der Waals surface area contributed by atoms with Gasteiger partial charge in [0.2, 0.25) is 0 Å². The molecule has 0 spiro atoms. The standard InChI is InChI=1S/C17H26N2O/c1-11-4-3-5-13(8-11)17(12(2)18)19-9-14-6-7-16(20)15(14)10-19/h3-5,8,12,14-17,20H,6-7,9-10,18H2,1-2H3. The molecule has 1 aliphatic heterocycles. The van der Waals surface area contributed by atoms with E-state index in [0.29, 0.717) is 11.8 Å². The summed E-state index contributed by atoms with van der Waals surface area (Å²) < 4.78 is 0. The topological polar surface area (TPSA) is 49.5 Å².